The first kappa shape index (κ1) is 15.4. The highest BCUT2D eigenvalue weighted by atomic mass is 32.2. The molecule has 1 atom stereocenters. The summed E-state index contributed by atoms with van der Waals surface area (Å²) in [7, 11) is -3.30. The second-order valence-electron chi connectivity index (χ2n) is 3.85. The van der Waals surface area contributed by atoms with Crippen molar-refractivity contribution in [3.05, 3.63) is 11.1 Å². The Morgan fingerprint density at radius 3 is 2.63 bits per heavy atom. The van der Waals surface area contributed by atoms with E-state index in [1.165, 1.54) is 5.38 Å². The molecule has 1 aromatic heterocycles. The van der Waals surface area contributed by atoms with E-state index < -0.39 is 27.8 Å². The molecule has 106 valence electrons. The minimum absolute atomic E-state index is 0.00751. The third-order valence-electron chi connectivity index (χ3n) is 2.14. The van der Waals surface area contributed by atoms with Gasteiger partial charge in [-0.05, 0) is 6.42 Å². The summed E-state index contributed by atoms with van der Waals surface area (Å²) in [5.41, 5.74) is 5.36. The average Bonchev–Trinajstić information content (AvgIpc) is 2.69. The lowest BCUT2D eigenvalue weighted by Crippen LogP contribution is -2.42. The van der Waals surface area contributed by atoms with Crippen LogP contribution in [0.25, 0.3) is 0 Å². The van der Waals surface area contributed by atoms with Crippen molar-refractivity contribution >= 4 is 38.2 Å². The summed E-state index contributed by atoms with van der Waals surface area (Å²) in [4.78, 5) is 26.3. The number of nitrogens with zero attached hydrogens (tertiary/aromatic N) is 1. The van der Waals surface area contributed by atoms with Crippen molar-refractivity contribution in [2.75, 3.05) is 17.7 Å². The maximum Gasteiger partial charge on any atom is 0.326 e. The number of rotatable bonds is 6. The van der Waals surface area contributed by atoms with Gasteiger partial charge in [0.15, 0.2) is 5.13 Å². The Morgan fingerprint density at radius 2 is 2.21 bits per heavy atom. The summed E-state index contributed by atoms with van der Waals surface area (Å²) < 4.78 is 22.0. The Bertz CT molecular complexity index is 580. The normalized spacial score (nSPS) is 12.9. The van der Waals surface area contributed by atoms with E-state index in [9.17, 15) is 18.0 Å². The summed E-state index contributed by atoms with van der Waals surface area (Å²) >= 11 is 1.05. The van der Waals surface area contributed by atoms with Crippen molar-refractivity contribution in [2.24, 2.45) is 0 Å². The molecule has 0 fully saturated rings. The SMILES string of the molecule is CS(=O)(=O)CCC(NC(=O)c1csc(N)n1)C(=O)O. The molecule has 0 aliphatic carbocycles. The van der Waals surface area contributed by atoms with Crippen LogP contribution < -0.4 is 11.1 Å². The largest absolute Gasteiger partial charge is 0.480 e. The van der Waals surface area contributed by atoms with Crippen molar-refractivity contribution < 1.29 is 23.1 Å². The molecule has 10 heteroatoms. The third-order valence-corrected chi connectivity index (χ3v) is 3.79. The number of carbonyl (C=O) groups excluding carboxylic acids is 1. The van der Waals surface area contributed by atoms with Crippen molar-refractivity contribution in [3.8, 4) is 0 Å². The molecule has 0 saturated carbocycles. The molecule has 19 heavy (non-hydrogen) atoms. The van der Waals surface area contributed by atoms with Crippen LogP contribution >= 0.6 is 11.3 Å². The van der Waals surface area contributed by atoms with Crippen LogP contribution in [0.15, 0.2) is 5.38 Å². The molecule has 0 aliphatic rings. The Kier molecular flexibility index (Phi) is 4.84. The predicted molar refractivity (Wildman–Crippen MR) is 69.7 cm³/mol. The van der Waals surface area contributed by atoms with E-state index in [0.29, 0.717) is 0 Å². The smallest absolute Gasteiger partial charge is 0.326 e. The zero-order valence-electron chi connectivity index (χ0n) is 9.99. The minimum Gasteiger partial charge on any atom is -0.480 e. The van der Waals surface area contributed by atoms with Crippen molar-refractivity contribution in [3.63, 3.8) is 0 Å². The first-order valence-corrected chi connectivity index (χ1v) is 8.05. The van der Waals surface area contributed by atoms with Gasteiger partial charge in [0.25, 0.3) is 5.91 Å². The van der Waals surface area contributed by atoms with E-state index in [2.05, 4.69) is 10.3 Å². The number of carboxylic acid groups (broad SMARTS) is 1. The summed E-state index contributed by atoms with van der Waals surface area (Å²) in [6, 6.07) is -1.29. The standard InChI is InChI=1S/C9H13N3O5S2/c1-19(16,17)3-2-5(8(14)15)11-7(13)6-4-18-9(10)12-6/h4-5H,2-3H2,1H3,(H2,10,12)(H,11,13)(H,14,15). The lowest BCUT2D eigenvalue weighted by molar-refractivity contribution is -0.139. The molecule has 0 aromatic carbocycles. The van der Waals surface area contributed by atoms with Crippen LogP contribution in [-0.2, 0) is 14.6 Å². The quantitative estimate of drug-likeness (QED) is 0.634. The van der Waals surface area contributed by atoms with E-state index >= 15 is 0 Å². The van der Waals surface area contributed by atoms with E-state index in [1.54, 1.807) is 0 Å². The maximum atomic E-state index is 11.7. The van der Waals surface area contributed by atoms with E-state index in [0.717, 1.165) is 17.6 Å². The maximum absolute atomic E-state index is 11.7. The third kappa shape index (κ3) is 5.22. The lowest BCUT2D eigenvalue weighted by Gasteiger charge is -2.12. The van der Waals surface area contributed by atoms with Crippen molar-refractivity contribution in [2.45, 2.75) is 12.5 Å². The van der Waals surface area contributed by atoms with E-state index in [1.807, 2.05) is 0 Å². The molecule has 1 amide bonds. The van der Waals surface area contributed by atoms with Crippen LogP contribution in [0.2, 0.25) is 0 Å². The topological polar surface area (TPSA) is 139 Å². The van der Waals surface area contributed by atoms with Gasteiger partial charge < -0.3 is 16.2 Å². The van der Waals surface area contributed by atoms with Crippen molar-refractivity contribution in [1.82, 2.24) is 10.3 Å². The van der Waals surface area contributed by atoms with Gasteiger partial charge in [0.05, 0.1) is 5.75 Å². The molecule has 0 saturated heterocycles. The molecular formula is C9H13N3O5S2. The number of amides is 1. The molecule has 4 N–H and O–H groups in total. The average molecular weight is 307 g/mol. The van der Waals surface area contributed by atoms with Gasteiger partial charge in [0.2, 0.25) is 0 Å². The predicted octanol–water partition coefficient (Wildman–Crippen LogP) is -0.657. The number of sulfone groups is 1. The molecule has 1 rings (SSSR count). The highest BCUT2D eigenvalue weighted by Crippen LogP contribution is 2.11. The highest BCUT2D eigenvalue weighted by molar-refractivity contribution is 7.90. The Hall–Kier alpha value is -1.68. The van der Waals surface area contributed by atoms with E-state index in [-0.39, 0.29) is 23.0 Å². The zero-order valence-corrected chi connectivity index (χ0v) is 11.6. The number of thiazole rings is 1. The van der Waals surface area contributed by atoms with Crippen LogP contribution in [0.4, 0.5) is 5.13 Å². The highest BCUT2D eigenvalue weighted by Gasteiger charge is 2.23. The number of aromatic nitrogens is 1. The fourth-order valence-corrected chi connectivity index (χ4v) is 2.42. The minimum atomic E-state index is -3.30. The Morgan fingerprint density at radius 1 is 1.58 bits per heavy atom. The molecule has 1 unspecified atom stereocenters. The number of aliphatic carboxylic acids is 1. The van der Waals surface area contributed by atoms with Gasteiger partial charge in [-0.1, -0.05) is 0 Å². The molecule has 0 spiro atoms. The van der Waals surface area contributed by atoms with Gasteiger partial charge >= 0.3 is 5.97 Å². The molecule has 1 heterocycles. The second kappa shape index (κ2) is 5.97. The monoisotopic (exact) mass is 307 g/mol. The fourth-order valence-electron chi connectivity index (χ4n) is 1.21. The molecule has 0 bridgehead atoms. The van der Waals surface area contributed by atoms with Crippen LogP contribution in [0.3, 0.4) is 0 Å². The van der Waals surface area contributed by atoms with Gasteiger partial charge in [-0.3, -0.25) is 4.79 Å². The molecule has 8 nitrogen and oxygen atoms in total. The summed E-state index contributed by atoms with van der Waals surface area (Å²) in [6.45, 7) is 0. The van der Waals surface area contributed by atoms with Gasteiger partial charge in [0.1, 0.15) is 21.6 Å². The fraction of sp³-hybridized carbons (Fsp3) is 0.444. The number of carboxylic acids is 1. The first-order valence-electron chi connectivity index (χ1n) is 5.11. The van der Waals surface area contributed by atoms with Gasteiger partial charge in [0, 0.05) is 11.6 Å². The van der Waals surface area contributed by atoms with Crippen LogP contribution in [0, 0.1) is 0 Å². The number of carbonyl (C=O) groups is 2. The molecule has 0 radical (unpaired) electrons. The Labute approximate surface area is 113 Å². The van der Waals surface area contributed by atoms with E-state index in [4.69, 9.17) is 10.8 Å². The number of hydrogen-bond acceptors (Lipinski definition) is 7. The number of nitrogens with one attached hydrogen (secondary N) is 1. The number of hydrogen-bond donors (Lipinski definition) is 3. The van der Waals surface area contributed by atoms with Gasteiger partial charge in [-0.15, -0.1) is 11.3 Å². The molecule has 0 aliphatic heterocycles. The zero-order chi connectivity index (χ0) is 14.6. The Balaban J connectivity index is 2.68. The number of nitrogens with two attached hydrogens (primary N) is 1. The van der Waals surface area contributed by atoms with Gasteiger partial charge in [-0.2, -0.15) is 0 Å². The van der Waals surface area contributed by atoms with Gasteiger partial charge in [-0.25, -0.2) is 18.2 Å². The van der Waals surface area contributed by atoms with Crippen LogP contribution in [0.1, 0.15) is 16.9 Å². The summed E-state index contributed by atoms with van der Waals surface area (Å²) in [5.74, 6) is -2.34. The lowest BCUT2D eigenvalue weighted by atomic mass is 10.2. The molecule has 1 aromatic rings. The number of anilines is 1. The first-order chi connectivity index (χ1) is 8.69. The van der Waals surface area contributed by atoms with Crippen LogP contribution in [-0.4, -0.2) is 48.4 Å². The second-order valence-corrected chi connectivity index (χ2v) is 7.00. The summed E-state index contributed by atoms with van der Waals surface area (Å²) in [5, 5.41) is 12.7. The van der Waals surface area contributed by atoms with Crippen LogP contribution in [0.5, 0.6) is 0 Å². The number of nitrogen functional groups attached to an aromatic ring is 1. The summed E-state index contributed by atoms with van der Waals surface area (Å²) in [6.07, 6.45) is 0.786. The molecular weight excluding hydrogens is 294 g/mol. The van der Waals surface area contributed by atoms with Crippen molar-refractivity contribution in [1.29, 1.82) is 0 Å².